The Balaban J connectivity index is 0.000000191. The number of halogens is 4. The number of amides is 2. The molecule has 13 heteroatoms. The van der Waals surface area contributed by atoms with E-state index in [9.17, 15) is 31.9 Å². The lowest BCUT2D eigenvalue weighted by atomic mass is 10.0. The Hall–Kier alpha value is -7.28. The van der Waals surface area contributed by atoms with Gasteiger partial charge in [-0.1, -0.05) is 100 Å². The second-order valence-electron chi connectivity index (χ2n) is 16.3. The van der Waals surface area contributed by atoms with Crippen LogP contribution >= 0.6 is 0 Å². The molecule has 0 bridgehead atoms. The summed E-state index contributed by atoms with van der Waals surface area (Å²) in [5.41, 5.74) is 7.99. The van der Waals surface area contributed by atoms with Crippen molar-refractivity contribution in [3.63, 3.8) is 0 Å². The third kappa shape index (κ3) is 9.83. The van der Waals surface area contributed by atoms with E-state index in [-0.39, 0.29) is 42.3 Å². The first-order valence-electron chi connectivity index (χ1n) is 21.0. The van der Waals surface area contributed by atoms with Gasteiger partial charge in [-0.2, -0.15) is 0 Å². The number of carbonyl (C=O) groups is 2. The predicted molar refractivity (Wildman–Crippen MR) is 241 cm³/mol. The first-order valence-corrected chi connectivity index (χ1v) is 21.0. The average Bonchev–Trinajstić information content (AvgIpc) is 3.76. The molecule has 2 amide bonds. The zero-order valence-electron chi connectivity index (χ0n) is 36.1. The third-order valence-electron chi connectivity index (χ3n) is 10.9. The van der Waals surface area contributed by atoms with Crippen molar-refractivity contribution in [2.24, 2.45) is 0 Å². The molecule has 9 nitrogen and oxygen atoms in total. The Morgan fingerprint density at radius 2 is 1.05 bits per heavy atom. The number of hydrogen-bond donors (Lipinski definition) is 3. The summed E-state index contributed by atoms with van der Waals surface area (Å²) < 4.78 is 57.7. The lowest BCUT2D eigenvalue weighted by Gasteiger charge is -2.15. The molecule has 0 fully saturated rings. The number of pyridine rings is 2. The Morgan fingerprint density at radius 1 is 0.594 bits per heavy atom. The van der Waals surface area contributed by atoms with E-state index in [1.165, 1.54) is 18.2 Å². The van der Waals surface area contributed by atoms with Crippen molar-refractivity contribution in [1.82, 2.24) is 29.7 Å². The second kappa shape index (κ2) is 19.4. The maximum Gasteiger partial charge on any atom is 0.254 e. The molecule has 4 heterocycles. The van der Waals surface area contributed by atoms with Crippen molar-refractivity contribution in [2.75, 3.05) is 0 Å². The number of aryl methyl sites for hydroxylation is 1. The van der Waals surface area contributed by atoms with Gasteiger partial charge in [0.1, 0.15) is 0 Å². The van der Waals surface area contributed by atoms with E-state index >= 15 is 0 Å². The fourth-order valence-corrected chi connectivity index (χ4v) is 8.05. The molecule has 0 radical (unpaired) electrons. The number of carbonyl (C=O) groups excluding carboxylic acids is 2. The summed E-state index contributed by atoms with van der Waals surface area (Å²) in [5.74, 6) is -4.30. The van der Waals surface area contributed by atoms with E-state index in [1.54, 1.807) is 6.20 Å². The Bertz CT molecular complexity index is 3030. The van der Waals surface area contributed by atoms with Gasteiger partial charge in [-0.15, -0.1) is 0 Å². The highest BCUT2D eigenvalue weighted by Gasteiger charge is 2.27. The van der Waals surface area contributed by atoms with E-state index in [4.69, 9.17) is 0 Å². The molecule has 0 saturated heterocycles. The van der Waals surface area contributed by atoms with Gasteiger partial charge in [-0.05, 0) is 71.3 Å². The van der Waals surface area contributed by atoms with Crippen LogP contribution in [0.25, 0.3) is 21.8 Å². The summed E-state index contributed by atoms with van der Waals surface area (Å²) in [5, 5.41) is 7.06. The Labute approximate surface area is 367 Å². The molecule has 328 valence electrons. The highest BCUT2D eigenvalue weighted by atomic mass is 19.2. The standard InChI is InChI=1S/C26H25F2N3O.C25H23F2N3O2/c1-16(2)25-24(26(32)30-13-19-9-10-21(27)22(28)12-19)20-11-17(3)29-14-23(20)31(25)15-18-7-5-4-6-8-18;1-15(2)24-23(25(32)29-12-17-8-9-19(26)20(27)10-17)18-11-22(31)28-13-21(18)30(24)14-16-6-4-3-5-7-16/h4-12,14,16H,13,15H2,1-3H3,(H,30,32);3-11,13,15H,12,14H2,1-2H3,(H,28,31)(H,29,32). The van der Waals surface area contributed by atoms with E-state index < -0.39 is 23.3 Å². The van der Waals surface area contributed by atoms with E-state index in [1.807, 2.05) is 86.1 Å². The molecule has 0 atom stereocenters. The second-order valence-corrected chi connectivity index (χ2v) is 16.3. The number of H-pyrrole nitrogens is 1. The molecular weight excluding hydrogens is 821 g/mol. The van der Waals surface area contributed by atoms with Crippen molar-refractivity contribution in [2.45, 2.75) is 72.6 Å². The zero-order chi connectivity index (χ0) is 45.7. The van der Waals surface area contributed by atoms with Crippen LogP contribution in [0.5, 0.6) is 0 Å². The maximum atomic E-state index is 13.6. The van der Waals surface area contributed by atoms with Crippen LogP contribution in [0.4, 0.5) is 17.6 Å². The minimum atomic E-state index is -0.967. The first-order chi connectivity index (χ1) is 30.7. The van der Waals surface area contributed by atoms with Crippen LogP contribution in [-0.2, 0) is 26.2 Å². The van der Waals surface area contributed by atoms with Crippen LogP contribution in [0.2, 0.25) is 0 Å². The molecule has 0 aliphatic heterocycles. The van der Waals surface area contributed by atoms with Gasteiger partial charge in [0.25, 0.3) is 11.8 Å². The van der Waals surface area contributed by atoms with Gasteiger partial charge in [0.2, 0.25) is 5.56 Å². The molecule has 0 saturated carbocycles. The molecule has 4 aromatic carbocycles. The number of aromatic amines is 1. The number of rotatable bonds is 12. The largest absolute Gasteiger partial charge is 0.348 e. The number of aromatic nitrogens is 4. The molecule has 4 aromatic heterocycles. The van der Waals surface area contributed by atoms with Gasteiger partial charge in [0, 0.05) is 66.3 Å². The summed E-state index contributed by atoms with van der Waals surface area (Å²) >= 11 is 0. The Kier molecular flexibility index (Phi) is 13.6. The van der Waals surface area contributed by atoms with Gasteiger partial charge < -0.3 is 24.8 Å². The van der Waals surface area contributed by atoms with Crippen LogP contribution in [-0.4, -0.2) is 30.9 Å². The van der Waals surface area contributed by atoms with Crippen molar-refractivity contribution < 1.29 is 27.2 Å². The van der Waals surface area contributed by atoms with E-state index in [0.717, 1.165) is 68.9 Å². The third-order valence-corrected chi connectivity index (χ3v) is 10.9. The number of hydrogen-bond acceptors (Lipinski definition) is 4. The van der Waals surface area contributed by atoms with Crippen LogP contribution in [0, 0.1) is 30.2 Å². The highest BCUT2D eigenvalue weighted by molar-refractivity contribution is 6.09. The lowest BCUT2D eigenvalue weighted by Crippen LogP contribution is -2.24. The molecule has 8 rings (SSSR count). The monoisotopic (exact) mass is 868 g/mol. The zero-order valence-corrected chi connectivity index (χ0v) is 36.1. The normalized spacial score (nSPS) is 11.3. The van der Waals surface area contributed by atoms with Gasteiger partial charge in [0.05, 0.1) is 28.4 Å². The van der Waals surface area contributed by atoms with E-state index in [0.29, 0.717) is 40.7 Å². The SMILES string of the molecule is CC(C)c1c(C(=O)NCc2ccc(F)c(F)c2)c2cc(=O)[nH]cc2n1Cc1ccccc1.Cc1cc2c(C(=O)NCc3ccc(F)c(F)c3)c(C(C)C)n(Cc3ccccc3)c2cn1. The number of nitrogens with zero attached hydrogens (tertiary/aromatic N) is 3. The summed E-state index contributed by atoms with van der Waals surface area (Å²) in [7, 11) is 0. The van der Waals surface area contributed by atoms with Gasteiger partial charge in [-0.3, -0.25) is 19.4 Å². The van der Waals surface area contributed by atoms with Crippen molar-refractivity contribution >= 4 is 33.6 Å². The summed E-state index contributed by atoms with van der Waals surface area (Å²) in [6, 6.07) is 30.4. The molecule has 3 N–H and O–H groups in total. The minimum Gasteiger partial charge on any atom is -0.348 e. The average molecular weight is 869 g/mol. The summed E-state index contributed by atoms with van der Waals surface area (Å²) in [6.45, 7) is 11.3. The topological polar surface area (TPSA) is 114 Å². The first kappa shape index (κ1) is 44.8. The maximum absolute atomic E-state index is 13.6. The van der Waals surface area contributed by atoms with Crippen LogP contribution in [0.1, 0.15) is 99.6 Å². The molecule has 0 aliphatic rings. The van der Waals surface area contributed by atoms with Gasteiger partial charge in [0.15, 0.2) is 23.3 Å². The van der Waals surface area contributed by atoms with E-state index in [2.05, 4.69) is 51.1 Å². The van der Waals surface area contributed by atoms with Crippen LogP contribution < -0.4 is 16.2 Å². The number of fused-ring (bicyclic) bond motifs is 2. The van der Waals surface area contributed by atoms with Crippen molar-refractivity contribution in [3.05, 3.63) is 206 Å². The predicted octanol–water partition coefficient (Wildman–Crippen LogP) is 10.4. The number of benzene rings is 4. The molecule has 64 heavy (non-hydrogen) atoms. The minimum absolute atomic E-state index is 0.00905. The quantitative estimate of drug-likeness (QED) is 0.106. The summed E-state index contributed by atoms with van der Waals surface area (Å²) in [4.78, 5) is 45.9. The number of nitrogens with one attached hydrogen (secondary N) is 3. The molecule has 0 spiro atoms. The van der Waals surface area contributed by atoms with Crippen LogP contribution in [0.3, 0.4) is 0 Å². The molecule has 0 aliphatic carbocycles. The molecule has 0 unspecified atom stereocenters. The smallest absolute Gasteiger partial charge is 0.254 e. The van der Waals surface area contributed by atoms with Crippen molar-refractivity contribution in [3.8, 4) is 0 Å². The summed E-state index contributed by atoms with van der Waals surface area (Å²) in [6.07, 6.45) is 3.43. The Morgan fingerprint density at radius 3 is 1.50 bits per heavy atom. The lowest BCUT2D eigenvalue weighted by molar-refractivity contribution is 0.0942. The fourth-order valence-electron chi connectivity index (χ4n) is 8.05. The van der Waals surface area contributed by atoms with Gasteiger partial charge in [-0.25, -0.2) is 17.6 Å². The van der Waals surface area contributed by atoms with Crippen molar-refractivity contribution in [1.29, 1.82) is 0 Å². The molecular formula is C51H48F4N6O3. The fraction of sp³-hybridized carbons (Fsp3) is 0.216. The van der Waals surface area contributed by atoms with Crippen LogP contribution in [0.15, 0.2) is 126 Å². The highest BCUT2D eigenvalue weighted by Crippen LogP contribution is 2.33. The van der Waals surface area contributed by atoms with Gasteiger partial charge >= 0.3 is 0 Å². The molecule has 8 aromatic rings.